The molecule has 206 valence electrons. The Morgan fingerprint density at radius 3 is 2.30 bits per heavy atom. The van der Waals surface area contributed by atoms with E-state index in [2.05, 4.69) is 15.0 Å². The number of esters is 1. The van der Waals surface area contributed by atoms with E-state index in [1.54, 1.807) is 48.5 Å². The van der Waals surface area contributed by atoms with Crippen LogP contribution in [0.25, 0.3) is 10.4 Å². The van der Waals surface area contributed by atoms with Crippen molar-refractivity contribution >= 4 is 5.97 Å². The van der Waals surface area contributed by atoms with Gasteiger partial charge in [0.2, 0.25) is 0 Å². The van der Waals surface area contributed by atoms with Gasteiger partial charge in [-0.3, -0.25) is 14.3 Å². The first-order valence-electron chi connectivity index (χ1n) is 13.2. The van der Waals surface area contributed by atoms with Gasteiger partial charge in [-0.15, -0.1) is 0 Å². The average Bonchev–Trinajstić information content (AvgIpc) is 3.67. The summed E-state index contributed by atoms with van der Waals surface area (Å²) in [6.07, 6.45) is -0.516. The lowest BCUT2D eigenvalue weighted by atomic mass is 9.96. The maximum atomic E-state index is 13.9. The third kappa shape index (κ3) is 4.82. The summed E-state index contributed by atoms with van der Waals surface area (Å²) in [6.45, 7) is 0. The van der Waals surface area contributed by atoms with Gasteiger partial charge in [-0.1, -0.05) is 65.8 Å². The molecule has 2 saturated heterocycles. The Morgan fingerprint density at radius 1 is 1.00 bits per heavy atom. The molecule has 6 rings (SSSR count). The maximum absolute atomic E-state index is 13.9. The van der Waals surface area contributed by atoms with Crippen LogP contribution in [0.2, 0.25) is 0 Å². The van der Waals surface area contributed by atoms with Gasteiger partial charge in [0, 0.05) is 30.0 Å². The number of H-pyrrole nitrogens is 1. The molecule has 40 heavy (non-hydrogen) atoms. The Morgan fingerprint density at radius 2 is 1.65 bits per heavy atom. The van der Waals surface area contributed by atoms with Crippen LogP contribution in [-0.4, -0.2) is 39.6 Å². The lowest BCUT2D eigenvalue weighted by molar-refractivity contribution is -0.219. The van der Waals surface area contributed by atoms with E-state index in [9.17, 15) is 19.9 Å². The van der Waals surface area contributed by atoms with Gasteiger partial charge in [-0.2, -0.15) is 0 Å². The number of carbonyl (C=O) groups excluding carboxylic acids is 1. The fourth-order valence-electron chi connectivity index (χ4n) is 5.77. The third-order valence-corrected chi connectivity index (χ3v) is 7.59. The van der Waals surface area contributed by atoms with Crippen molar-refractivity contribution < 1.29 is 23.7 Å². The summed E-state index contributed by atoms with van der Waals surface area (Å²) < 4.78 is 26.0. The molecule has 6 atom stereocenters. The number of carbonyl (C=O) groups is 1. The largest absolute Gasteiger partial charge is 0.455 e. The number of azide groups is 1. The quantitative estimate of drug-likeness (QED) is 0.205. The van der Waals surface area contributed by atoms with E-state index >= 15 is 0 Å². The Hall–Kier alpha value is -4.22. The Labute approximate surface area is 228 Å². The summed E-state index contributed by atoms with van der Waals surface area (Å²) in [4.78, 5) is 43.4. The van der Waals surface area contributed by atoms with E-state index in [-0.39, 0.29) is 0 Å². The summed E-state index contributed by atoms with van der Waals surface area (Å²) in [6, 6.07) is 18.4. The van der Waals surface area contributed by atoms with Crippen molar-refractivity contribution in [2.75, 3.05) is 0 Å². The third-order valence-electron chi connectivity index (χ3n) is 7.59. The summed E-state index contributed by atoms with van der Waals surface area (Å²) >= 11 is 0. The molecule has 2 aliphatic heterocycles. The second-order valence-electron chi connectivity index (χ2n) is 10.1. The van der Waals surface area contributed by atoms with E-state index in [1.165, 1.54) is 16.8 Å². The molecule has 3 heterocycles. The van der Waals surface area contributed by atoms with E-state index < -0.39 is 59.7 Å². The number of fused-ring (bicyclic) bond motifs is 1. The minimum absolute atomic E-state index is 0.557. The highest BCUT2D eigenvalue weighted by atomic mass is 16.8. The van der Waals surface area contributed by atoms with Crippen LogP contribution in [0.5, 0.6) is 0 Å². The minimum atomic E-state index is -1.25. The summed E-state index contributed by atoms with van der Waals surface area (Å²) in [7, 11) is 0. The molecule has 0 bridgehead atoms. The second kappa shape index (κ2) is 10.7. The van der Waals surface area contributed by atoms with Crippen molar-refractivity contribution in [1.29, 1.82) is 0 Å². The lowest BCUT2D eigenvalue weighted by Crippen LogP contribution is -2.38. The van der Waals surface area contributed by atoms with Crippen LogP contribution in [0.3, 0.4) is 0 Å². The molecule has 3 fully saturated rings. The SMILES string of the molecule is [N-]=[N+]=NC(c1ccccc1)C(OC(=O)[C@H]1O[C@@H](n2ccc(=O)[nH]c2=O)[C@@H]2OC3(CCCC3)O[C@@H]21)c1ccccc1. The van der Waals surface area contributed by atoms with E-state index in [4.69, 9.17) is 18.9 Å². The van der Waals surface area contributed by atoms with Crippen LogP contribution in [0.4, 0.5) is 0 Å². The highest BCUT2D eigenvalue weighted by molar-refractivity contribution is 5.76. The molecule has 2 aromatic carbocycles. The molecule has 3 aliphatic rings. The minimum Gasteiger partial charge on any atom is -0.455 e. The van der Waals surface area contributed by atoms with Crippen LogP contribution in [-0.2, 0) is 23.7 Å². The average molecular weight is 546 g/mol. The topological polar surface area (TPSA) is 158 Å². The van der Waals surface area contributed by atoms with Crippen molar-refractivity contribution in [3.05, 3.63) is 115 Å². The molecule has 1 saturated carbocycles. The van der Waals surface area contributed by atoms with Crippen LogP contribution in [0, 0.1) is 0 Å². The van der Waals surface area contributed by atoms with Gasteiger partial charge in [0.15, 0.2) is 18.1 Å². The molecule has 0 amide bonds. The molecule has 0 radical (unpaired) electrons. The number of nitrogens with zero attached hydrogens (tertiary/aromatic N) is 4. The zero-order valence-corrected chi connectivity index (χ0v) is 21.4. The van der Waals surface area contributed by atoms with Gasteiger partial charge in [-0.05, 0) is 29.5 Å². The molecule has 12 nitrogen and oxygen atoms in total. The van der Waals surface area contributed by atoms with Crippen molar-refractivity contribution in [2.24, 2.45) is 5.11 Å². The van der Waals surface area contributed by atoms with Crippen LogP contribution in [0.15, 0.2) is 87.6 Å². The molecular formula is C28H27N5O7. The molecule has 1 N–H and O–H groups in total. The first-order chi connectivity index (χ1) is 19.5. The highest BCUT2D eigenvalue weighted by Gasteiger charge is 2.62. The number of ether oxygens (including phenoxy) is 4. The molecule has 2 unspecified atom stereocenters. The predicted molar refractivity (Wildman–Crippen MR) is 140 cm³/mol. The van der Waals surface area contributed by atoms with Gasteiger partial charge < -0.3 is 18.9 Å². The number of hydrogen-bond donors (Lipinski definition) is 1. The standard InChI is InChI=1S/C28H27N5O7/c29-32-31-20(17-9-3-1-4-10-17)21(18-11-5-2-6-12-18)38-26(35)24-22-23(40-28(39-22)14-7-8-15-28)25(37-24)33-16-13-19(34)30-27(33)36/h1-6,9-13,16,20-25H,7-8,14-15H2,(H,30,34,36)/t20?,21?,22-,23+,24-,25+/m0/s1. The van der Waals surface area contributed by atoms with E-state index in [0.717, 1.165) is 12.8 Å². The maximum Gasteiger partial charge on any atom is 0.338 e. The van der Waals surface area contributed by atoms with Crippen LogP contribution in [0.1, 0.15) is 55.2 Å². The number of nitrogens with one attached hydrogen (secondary N) is 1. The zero-order valence-electron chi connectivity index (χ0n) is 21.4. The first-order valence-corrected chi connectivity index (χ1v) is 13.2. The van der Waals surface area contributed by atoms with Crippen LogP contribution < -0.4 is 11.2 Å². The number of aromatic amines is 1. The monoisotopic (exact) mass is 545 g/mol. The van der Waals surface area contributed by atoms with E-state index in [1.807, 2.05) is 12.1 Å². The molecular weight excluding hydrogens is 518 g/mol. The summed E-state index contributed by atoms with van der Waals surface area (Å²) in [5, 5.41) is 3.98. The van der Waals surface area contributed by atoms with Gasteiger partial charge in [-0.25, -0.2) is 9.59 Å². The Bertz CT molecular complexity index is 1530. The fourth-order valence-corrected chi connectivity index (χ4v) is 5.77. The van der Waals surface area contributed by atoms with Gasteiger partial charge in [0.25, 0.3) is 5.56 Å². The predicted octanol–water partition coefficient (Wildman–Crippen LogP) is 3.82. The van der Waals surface area contributed by atoms with Gasteiger partial charge in [0.1, 0.15) is 24.4 Å². The zero-order chi connectivity index (χ0) is 27.7. The number of hydrogen-bond acceptors (Lipinski definition) is 8. The molecule has 1 aliphatic carbocycles. The molecule has 1 aromatic heterocycles. The summed E-state index contributed by atoms with van der Waals surface area (Å²) in [5.41, 5.74) is 9.41. The van der Waals surface area contributed by atoms with Crippen molar-refractivity contribution in [3.63, 3.8) is 0 Å². The molecule has 12 heteroatoms. The van der Waals surface area contributed by atoms with Gasteiger partial charge in [0.05, 0.1) is 0 Å². The van der Waals surface area contributed by atoms with Gasteiger partial charge >= 0.3 is 11.7 Å². The number of benzene rings is 2. The smallest absolute Gasteiger partial charge is 0.338 e. The van der Waals surface area contributed by atoms with Crippen LogP contribution >= 0.6 is 0 Å². The van der Waals surface area contributed by atoms with Crippen molar-refractivity contribution in [1.82, 2.24) is 9.55 Å². The van der Waals surface area contributed by atoms with Crippen molar-refractivity contribution in [2.45, 2.75) is 68.2 Å². The fraction of sp³-hybridized carbons (Fsp3) is 0.393. The summed E-state index contributed by atoms with van der Waals surface area (Å²) in [5.74, 6) is -1.63. The first kappa shape index (κ1) is 26.0. The molecule has 1 spiro atoms. The second-order valence-corrected chi connectivity index (χ2v) is 10.1. The number of rotatable bonds is 7. The normalized spacial score (nSPS) is 26.1. The molecule has 3 aromatic rings. The number of aromatic nitrogens is 2. The lowest BCUT2D eigenvalue weighted by Gasteiger charge is -2.29. The highest BCUT2D eigenvalue weighted by Crippen LogP contribution is 2.49. The Balaban J connectivity index is 1.35. The van der Waals surface area contributed by atoms with Crippen molar-refractivity contribution in [3.8, 4) is 0 Å². The Kier molecular flexibility index (Phi) is 6.99. The van der Waals surface area contributed by atoms with E-state index in [0.29, 0.717) is 24.0 Å².